The fraction of sp³-hybridized carbons (Fsp3) is 0.226. The molecule has 0 aliphatic rings. The molecule has 2 aromatic carbocycles. The van der Waals surface area contributed by atoms with Crippen molar-refractivity contribution < 1.29 is 23.8 Å². The molecule has 3 aromatic rings. The first-order valence-corrected chi connectivity index (χ1v) is 12.4. The lowest BCUT2D eigenvalue weighted by molar-refractivity contribution is -0.116. The summed E-state index contributed by atoms with van der Waals surface area (Å²) in [4.78, 5) is 24.2. The highest BCUT2D eigenvalue weighted by atomic mass is 35.5. The number of ether oxygens (including phenoxy) is 1. The highest BCUT2D eigenvalue weighted by molar-refractivity contribution is 6.30. The largest absolute Gasteiger partial charge is 0.502 e. The van der Waals surface area contributed by atoms with Gasteiger partial charge in [-0.2, -0.15) is 0 Å². The number of halogens is 1. The molecule has 38 heavy (non-hydrogen) atoms. The maximum Gasteiger partial charge on any atom is 0.374 e. The van der Waals surface area contributed by atoms with E-state index in [0.717, 1.165) is 16.7 Å². The second kappa shape index (κ2) is 16.7. The predicted octanol–water partition coefficient (Wildman–Crippen LogP) is 9.05. The molecule has 7 heteroatoms. The highest BCUT2D eigenvalue weighted by Crippen LogP contribution is 2.34. The predicted molar refractivity (Wildman–Crippen MR) is 158 cm³/mol. The van der Waals surface area contributed by atoms with E-state index >= 15 is 0 Å². The highest BCUT2D eigenvalue weighted by Gasteiger charge is 2.22. The molecule has 1 amide bonds. The van der Waals surface area contributed by atoms with Gasteiger partial charge < -0.3 is 19.6 Å². The van der Waals surface area contributed by atoms with Gasteiger partial charge in [-0.05, 0) is 62.1 Å². The Morgan fingerprint density at radius 3 is 2.08 bits per heavy atom. The topological polar surface area (TPSA) is 88.8 Å². The van der Waals surface area contributed by atoms with Crippen LogP contribution in [0.15, 0.2) is 96.7 Å². The van der Waals surface area contributed by atoms with E-state index in [1.54, 1.807) is 43.5 Å². The minimum atomic E-state index is -1.26. The number of rotatable bonds is 10. The van der Waals surface area contributed by atoms with Gasteiger partial charge in [0.05, 0.1) is 12.9 Å². The van der Waals surface area contributed by atoms with E-state index in [4.69, 9.17) is 20.8 Å². The number of carboxylic acid groups (broad SMARTS) is 1. The van der Waals surface area contributed by atoms with Crippen molar-refractivity contribution in [2.75, 3.05) is 12.4 Å². The standard InChI is InChI=1S/C25H24ClNO5.2C3H6/c1-15(4-6-16(2)31-3)5-13-22(28)27-23-20-12-9-18(17-7-10-19(26)11-8-17)14-21(20)32-24(23)25(29)30;2*1-3-2/h7-12,14H,1-2,4-6,13H2,3H3,(H,27,28)(H,29,30);2*3H,1H2,2H3. The van der Waals surface area contributed by atoms with Gasteiger partial charge in [-0.3, -0.25) is 4.79 Å². The average Bonchev–Trinajstić information content (AvgIpc) is 3.25. The summed E-state index contributed by atoms with van der Waals surface area (Å²) in [6.07, 6.45) is 5.46. The van der Waals surface area contributed by atoms with E-state index in [1.165, 1.54) is 0 Å². The molecule has 0 saturated carbocycles. The zero-order chi connectivity index (χ0) is 28.7. The van der Waals surface area contributed by atoms with Crippen molar-refractivity contribution in [3.63, 3.8) is 0 Å². The van der Waals surface area contributed by atoms with E-state index in [9.17, 15) is 14.7 Å². The normalized spacial score (nSPS) is 9.68. The summed E-state index contributed by atoms with van der Waals surface area (Å²) in [5, 5.41) is 13.4. The third-order valence-corrected chi connectivity index (χ3v) is 5.33. The second-order valence-electron chi connectivity index (χ2n) is 8.19. The summed E-state index contributed by atoms with van der Waals surface area (Å²) in [5.74, 6) is -1.22. The summed E-state index contributed by atoms with van der Waals surface area (Å²) in [6, 6.07) is 12.6. The lowest BCUT2D eigenvalue weighted by Gasteiger charge is -2.08. The van der Waals surface area contributed by atoms with Crippen LogP contribution >= 0.6 is 11.6 Å². The van der Waals surface area contributed by atoms with Crippen molar-refractivity contribution in [1.29, 1.82) is 0 Å². The smallest absolute Gasteiger partial charge is 0.374 e. The number of carbonyl (C=O) groups is 2. The maximum atomic E-state index is 12.5. The molecule has 0 unspecified atom stereocenters. The first-order chi connectivity index (χ1) is 18.1. The molecule has 202 valence electrons. The Morgan fingerprint density at radius 2 is 1.53 bits per heavy atom. The Balaban J connectivity index is 0.00000110. The Morgan fingerprint density at radius 1 is 0.974 bits per heavy atom. The van der Waals surface area contributed by atoms with E-state index in [-0.39, 0.29) is 23.8 Å². The zero-order valence-electron chi connectivity index (χ0n) is 22.3. The minimum Gasteiger partial charge on any atom is -0.502 e. The van der Waals surface area contributed by atoms with Crippen LogP contribution < -0.4 is 5.32 Å². The summed E-state index contributed by atoms with van der Waals surface area (Å²) in [7, 11) is 1.56. The van der Waals surface area contributed by atoms with E-state index in [1.807, 2.05) is 32.0 Å². The second-order valence-corrected chi connectivity index (χ2v) is 8.62. The van der Waals surface area contributed by atoms with Gasteiger partial charge in [0.2, 0.25) is 11.7 Å². The number of hydrogen-bond acceptors (Lipinski definition) is 4. The Kier molecular flexibility index (Phi) is 14.0. The minimum absolute atomic E-state index is 0.151. The number of aromatic carboxylic acids is 1. The van der Waals surface area contributed by atoms with Gasteiger partial charge in [0, 0.05) is 23.3 Å². The van der Waals surface area contributed by atoms with Crippen LogP contribution in [-0.2, 0) is 9.53 Å². The number of hydrogen-bond donors (Lipinski definition) is 2. The van der Waals surface area contributed by atoms with Gasteiger partial charge in [-0.15, -0.1) is 13.2 Å². The Hall–Kier alpha value is -4.03. The zero-order valence-corrected chi connectivity index (χ0v) is 23.1. The Bertz CT molecular complexity index is 1270. The maximum absolute atomic E-state index is 12.5. The van der Waals surface area contributed by atoms with Crippen molar-refractivity contribution in [3.05, 3.63) is 103 Å². The third-order valence-electron chi connectivity index (χ3n) is 5.08. The molecule has 0 saturated heterocycles. The van der Waals surface area contributed by atoms with Gasteiger partial charge >= 0.3 is 5.97 Å². The quantitative estimate of drug-likeness (QED) is 0.199. The van der Waals surface area contributed by atoms with Gasteiger partial charge in [-0.1, -0.05) is 60.7 Å². The molecule has 0 radical (unpaired) electrons. The number of amides is 1. The number of furan rings is 1. The first kappa shape index (κ1) is 32.0. The average molecular weight is 538 g/mol. The van der Waals surface area contributed by atoms with Crippen molar-refractivity contribution >= 4 is 40.1 Å². The molecule has 2 N–H and O–H groups in total. The SMILES string of the molecule is C=C(CCC(=C)OC)CCC(=O)Nc1c(C(=O)O)oc2cc(-c3ccc(Cl)cc3)ccc12.C=CC.C=CC. The van der Waals surface area contributed by atoms with Crippen molar-refractivity contribution in [1.82, 2.24) is 0 Å². The molecule has 0 aliphatic heterocycles. The number of anilines is 1. The van der Waals surface area contributed by atoms with E-state index in [2.05, 4.69) is 31.6 Å². The van der Waals surface area contributed by atoms with Crippen molar-refractivity contribution in [2.24, 2.45) is 0 Å². The lowest BCUT2D eigenvalue weighted by atomic mass is 10.0. The lowest BCUT2D eigenvalue weighted by Crippen LogP contribution is -2.13. The number of nitrogens with one attached hydrogen (secondary N) is 1. The Labute approximate surface area is 230 Å². The molecule has 0 fully saturated rings. The third kappa shape index (κ3) is 10.1. The number of benzene rings is 2. The van der Waals surface area contributed by atoms with Gasteiger partial charge in [0.15, 0.2) is 0 Å². The number of carboxylic acids is 1. The van der Waals surface area contributed by atoms with Crippen LogP contribution in [0, 0.1) is 0 Å². The molecule has 0 spiro atoms. The number of allylic oxidation sites excluding steroid dienone is 4. The van der Waals surface area contributed by atoms with Crippen LogP contribution in [0.1, 0.15) is 50.1 Å². The monoisotopic (exact) mass is 537 g/mol. The summed E-state index contributed by atoms with van der Waals surface area (Å²) in [6.45, 7) is 18.2. The molecule has 6 nitrogen and oxygen atoms in total. The molecule has 3 rings (SSSR count). The van der Waals surface area contributed by atoms with Crippen LogP contribution in [-0.4, -0.2) is 24.1 Å². The summed E-state index contributed by atoms with van der Waals surface area (Å²) >= 11 is 5.95. The van der Waals surface area contributed by atoms with E-state index in [0.29, 0.717) is 41.0 Å². The number of fused-ring (bicyclic) bond motifs is 1. The molecule has 0 aliphatic carbocycles. The van der Waals surface area contributed by atoms with Crippen LogP contribution in [0.3, 0.4) is 0 Å². The molecular formula is C31H36ClNO5. The van der Waals surface area contributed by atoms with Crippen molar-refractivity contribution in [3.8, 4) is 11.1 Å². The molecular weight excluding hydrogens is 502 g/mol. The van der Waals surface area contributed by atoms with Crippen LogP contribution in [0.5, 0.6) is 0 Å². The fourth-order valence-corrected chi connectivity index (χ4v) is 3.35. The van der Waals surface area contributed by atoms with Gasteiger partial charge in [-0.25, -0.2) is 4.79 Å². The van der Waals surface area contributed by atoms with Crippen LogP contribution in [0.2, 0.25) is 5.02 Å². The molecule has 1 heterocycles. The number of methoxy groups -OCH3 is 1. The van der Waals surface area contributed by atoms with Crippen molar-refractivity contribution in [2.45, 2.75) is 39.5 Å². The van der Waals surface area contributed by atoms with Gasteiger partial charge in [0.25, 0.3) is 0 Å². The van der Waals surface area contributed by atoms with Crippen LogP contribution in [0.4, 0.5) is 5.69 Å². The fourth-order valence-electron chi connectivity index (χ4n) is 3.23. The van der Waals surface area contributed by atoms with Gasteiger partial charge in [0.1, 0.15) is 11.3 Å². The molecule has 0 atom stereocenters. The molecule has 0 bridgehead atoms. The first-order valence-electron chi connectivity index (χ1n) is 12.0. The summed E-state index contributed by atoms with van der Waals surface area (Å²) < 4.78 is 10.6. The van der Waals surface area contributed by atoms with Crippen LogP contribution in [0.25, 0.3) is 22.1 Å². The molecule has 1 aromatic heterocycles. The van der Waals surface area contributed by atoms with E-state index < -0.39 is 5.97 Å². The summed E-state index contributed by atoms with van der Waals surface area (Å²) in [5.41, 5.74) is 3.16. The number of carbonyl (C=O) groups excluding carboxylic acids is 1.